The number of nitrogens with zero attached hydrogens (tertiary/aromatic N) is 5. The standard InChI is InChI=1S/C24H29N7O/c1-4-30(5-2)23-27-22(26-21-12-10-20(11-13-21)25-17(3)32)28-24(29-23)31-15-14-18-8-6-7-9-19(18)16-31/h6-13H,4-5,14-16H2,1-3H3,(H,25,32)(H,26,27,28,29). The van der Waals surface area contributed by atoms with E-state index in [0.717, 1.165) is 44.0 Å². The van der Waals surface area contributed by atoms with Crippen LogP contribution in [0.5, 0.6) is 0 Å². The van der Waals surface area contributed by atoms with Crippen LogP contribution in [-0.2, 0) is 17.8 Å². The predicted molar refractivity (Wildman–Crippen MR) is 129 cm³/mol. The van der Waals surface area contributed by atoms with Gasteiger partial charge in [-0.2, -0.15) is 15.0 Å². The number of rotatable bonds is 7. The van der Waals surface area contributed by atoms with Crippen LogP contribution in [0.1, 0.15) is 31.9 Å². The molecule has 166 valence electrons. The van der Waals surface area contributed by atoms with Crippen LogP contribution in [-0.4, -0.2) is 40.5 Å². The van der Waals surface area contributed by atoms with Crippen molar-refractivity contribution < 1.29 is 4.79 Å². The Balaban J connectivity index is 1.62. The van der Waals surface area contributed by atoms with Crippen LogP contribution in [0.3, 0.4) is 0 Å². The third kappa shape index (κ3) is 4.96. The van der Waals surface area contributed by atoms with Gasteiger partial charge < -0.3 is 20.4 Å². The number of hydrogen-bond acceptors (Lipinski definition) is 7. The largest absolute Gasteiger partial charge is 0.341 e. The van der Waals surface area contributed by atoms with Gasteiger partial charge in [0, 0.05) is 44.5 Å². The molecular formula is C24H29N7O. The molecule has 1 aliphatic rings. The predicted octanol–water partition coefficient (Wildman–Crippen LogP) is 3.98. The van der Waals surface area contributed by atoms with E-state index in [0.29, 0.717) is 17.8 Å². The maximum atomic E-state index is 11.2. The number of fused-ring (bicyclic) bond motifs is 1. The summed E-state index contributed by atoms with van der Waals surface area (Å²) in [6.07, 6.45) is 0.968. The van der Waals surface area contributed by atoms with Crippen molar-refractivity contribution in [1.29, 1.82) is 0 Å². The van der Waals surface area contributed by atoms with Gasteiger partial charge in [0.25, 0.3) is 0 Å². The van der Waals surface area contributed by atoms with Crippen molar-refractivity contribution in [1.82, 2.24) is 15.0 Å². The minimum atomic E-state index is -0.0974. The van der Waals surface area contributed by atoms with Gasteiger partial charge in [0.15, 0.2) is 0 Å². The Bertz CT molecular complexity index is 1080. The smallest absolute Gasteiger partial charge is 0.233 e. The molecule has 3 aromatic rings. The summed E-state index contributed by atoms with van der Waals surface area (Å²) >= 11 is 0. The zero-order valence-corrected chi connectivity index (χ0v) is 18.8. The number of carbonyl (C=O) groups is 1. The minimum absolute atomic E-state index is 0.0974. The van der Waals surface area contributed by atoms with E-state index in [-0.39, 0.29) is 5.91 Å². The highest BCUT2D eigenvalue weighted by Gasteiger charge is 2.21. The van der Waals surface area contributed by atoms with Gasteiger partial charge in [0.05, 0.1) is 0 Å². The van der Waals surface area contributed by atoms with Crippen LogP contribution in [0.2, 0.25) is 0 Å². The normalized spacial score (nSPS) is 12.8. The van der Waals surface area contributed by atoms with Gasteiger partial charge in [0.2, 0.25) is 23.8 Å². The lowest BCUT2D eigenvalue weighted by Gasteiger charge is -2.30. The average Bonchev–Trinajstić information content (AvgIpc) is 2.80. The van der Waals surface area contributed by atoms with Crippen molar-refractivity contribution in [3.8, 4) is 0 Å². The third-order valence-corrected chi connectivity index (χ3v) is 5.53. The van der Waals surface area contributed by atoms with Crippen molar-refractivity contribution >= 4 is 35.1 Å². The van der Waals surface area contributed by atoms with E-state index in [1.54, 1.807) is 0 Å². The molecule has 1 aromatic heterocycles. The van der Waals surface area contributed by atoms with Gasteiger partial charge in [-0.15, -0.1) is 0 Å². The fourth-order valence-corrected chi connectivity index (χ4v) is 3.83. The Morgan fingerprint density at radius 2 is 1.66 bits per heavy atom. The monoisotopic (exact) mass is 431 g/mol. The topological polar surface area (TPSA) is 86.3 Å². The Morgan fingerprint density at radius 3 is 2.34 bits per heavy atom. The first-order valence-electron chi connectivity index (χ1n) is 11.0. The lowest BCUT2D eigenvalue weighted by atomic mass is 10.0. The van der Waals surface area contributed by atoms with Gasteiger partial charge in [-0.25, -0.2) is 0 Å². The summed E-state index contributed by atoms with van der Waals surface area (Å²) in [5.41, 5.74) is 4.28. The first-order valence-corrected chi connectivity index (χ1v) is 11.0. The maximum Gasteiger partial charge on any atom is 0.233 e. The van der Waals surface area contributed by atoms with E-state index in [2.05, 4.69) is 63.5 Å². The maximum absolute atomic E-state index is 11.2. The number of carbonyl (C=O) groups excluding carboxylic acids is 1. The van der Waals surface area contributed by atoms with Crippen LogP contribution < -0.4 is 20.4 Å². The highest BCUT2D eigenvalue weighted by atomic mass is 16.1. The second-order valence-electron chi connectivity index (χ2n) is 7.76. The van der Waals surface area contributed by atoms with Crippen LogP contribution in [0, 0.1) is 0 Å². The molecule has 32 heavy (non-hydrogen) atoms. The molecule has 0 spiro atoms. The van der Waals surface area contributed by atoms with E-state index in [1.165, 1.54) is 18.1 Å². The zero-order chi connectivity index (χ0) is 22.5. The number of hydrogen-bond donors (Lipinski definition) is 2. The number of nitrogens with one attached hydrogen (secondary N) is 2. The quantitative estimate of drug-likeness (QED) is 0.585. The Hall–Kier alpha value is -3.68. The van der Waals surface area contributed by atoms with Gasteiger partial charge >= 0.3 is 0 Å². The molecule has 0 bridgehead atoms. The number of benzene rings is 2. The van der Waals surface area contributed by atoms with E-state index in [9.17, 15) is 4.79 Å². The third-order valence-electron chi connectivity index (χ3n) is 5.53. The Labute approximate surface area is 188 Å². The van der Waals surface area contributed by atoms with E-state index < -0.39 is 0 Å². The van der Waals surface area contributed by atoms with Crippen LogP contribution in [0.4, 0.5) is 29.2 Å². The Kier molecular flexibility index (Phi) is 6.49. The van der Waals surface area contributed by atoms with Crippen LogP contribution >= 0.6 is 0 Å². The molecule has 0 saturated carbocycles. The SMILES string of the molecule is CCN(CC)c1nc(Nc2ccc(NC(C)=O)cc2)nc(N2CCc3ccccc3C2)n1. The molecule has 0 unspecified atom stereocenters. The summed E-state index contributed by atoms with van der Waals surface area (Å²) in [5.74, 6) is 1.74. The summed E-state index contributed by atoms with van der Waals surface area (Å²) in [5, 5.41) is 6.07. The molecule has 2 aromatic carbocycles. The Morgan fingerprint density at radius 1 is 0.969 bits per heavy atom. The van der Waals surface area contributed by atoms with E-state index in [1.807, 2.05) is 24.3 Å². The average molecular weight is 432 g/mol. The fourth-order valence-electron chi connectivity index (χ4n) is 3.83. The lowest BCUT2D eigenvalue weighted by molar-refractivity contribution is -0.114. The van der Waals surface area contributed by atoms with Crippen LogP contribution in [0.15, 0.2) is 48.5 Å². The van der Waals surface area contributed by atoms with Crippen molar-refractivity contribution in [2.75, 3.05) is 40.1 Å². The molecule has 0 aliphatic carbocycles. The van der Waals surface area contributed by atoms with E-state index in [4.69, 9.17) is 9.97 Å². The highest BCUT2D eigenvalue weighted by Crippen LogP contribution is 2.25. The van der Waals surface area contributed by atoms with Gasteiger partial charge in [-0.1, -0.05) is 24.3 Å². The highest BCUT2D eigenvalue weighted by molar-refractivity contribution is 5.88. The van der Waals surface area contributed by atoms with Crippen molar-refractivity contribution in [3.63, 3.8) is 0 Å². The molecular weight excluding hydrogens is 402 g/mol. The van der Waals surface area contributed by atoms with Crippen molar-refractivity contribution in [3.05, 3.63) is 59.7 Å². The lowest BCUT2D eigenvalue weighted by Crippen LogP contribution is -2.33. The van der Waals surface area contributed by atoms with Gasteiger partial charge in [0.1, 0.15) is 0 Å². The zero-order valence-electron chi connectivity index (χ0n) is 18.8. The molecule has 8 heteroatoms. The van der Waals surface area contributed by atoms with Crippen molar-refractivity contribution in [2.24, 2.45) is 0 Å². The van der Waals surface area contributed by atoms with E-state index >= 15 is 0 Å². The molecule has 0 fully saturated rings. The number of aromatic nitrogens is 3. The molecule has 4 rings (SSSR count). The first-order chi connectivity index (χ1) is 15.6. The second-order valence-corrected chi connectivity index (χ2v) is 7.76. The van der Waals surface area contributed by atoms with Crippen molar-refractivity contribution in [2.45, 2.75) is 33.7 Å². The summed E-state index contributed by atoms with van der Waals surface area (Å²) in [6, 6.07) is 16.0. The number of amides is 1. The van der Waals surface area contributed by atoms with Crippen LogP contribution in [0.25, 0.3) is 0 Å². The number of anilines is 5. The molecule has 2 heterocycles. The second kappa shape index (κ2) is 9.64. The van der Waals surface area contributed by atoms with Gasteiger partial charge in [-0.3, -0.25) is 4.79 Å². The first kappa shape index (κ1) is 21.5. The molecule has 1 aliphatic heterocycles. The minimum Gasteiger partial charge on any atom is -0.341 e. The fraction of sp³-hybridized carbons (Fsp3) is 0.333. The molecule has 0 atom stereocenters. The molecule has 8 nitrogen and oxygen atoms in total. The summed E-state index contributed by atoms with van der Waals surface area (Å²) < 4.78 is 0. The van der Waals surface area contributed by atoms with Gasteiger partial charge in [-0.05, 0) is 55.7 Å². The summed E-state index contributed by atoms with van der Waals surface area (Å²) in [4.78, 5) is 29.8. The molecule has 0 radical (unpaired) electrons. The summed E-state index contributed by atoms with van der Waals surface area (Å²) in [7, 11) is 0. The summed E-state index contributed by atoms with van der Waals surface area (Å²) in [6.45, 7) is 8.95. The molecule has 0 saturated heterocycles. The molecule has 1 amide bonds. The molecule has 2 N–H and O–H groups in total.